The van der Waals surface area contributed by atoms with Crippen molar-refractivity contribution in [3.63, 3.8) is 0 Å². The number of hydrogen-bond donors (Lipinski definition) is 4. The van der Waals surface area contributed by atoms with Crippen LogP contribution in [0.1, 0.15) is 67.8 Å². The van der Waals surface area contributed by atoms with E-state index in [1.807, 2.05) is 24.3 Å². The Hall–Kier alpha value is -3.10. The van der Waals surface area contributed by atoms with Gasteiger partial charge in [0.15, 0.2) is 0 Å². The van der Waals surface area contributed by atoms with Gasteiger partial charge >= 0.3 is 0 Å². The highest BCUT2D eigenvalue weighted by Gasteiger charge is 2.34. The third-order valence-electron chi connectivity index (χ3n) is 7.50. The Bertz CT molecular complexity index is 1280. The van der Waals surface area contributed by atoms with Gasteiger partial charge in [-0.25, -0.2) is 4.98 Å². The molecular formula is C28H34ClN5O3. The van der Waals surface area contributed by atoms with Crippen LogP contribution in [-0.2, 0) is 16.1 Å². The van der Waals surface area contributed by atoms with Gasteiger partial charge in [0.1, 0.15) is 0 Å². The van der Waals surface area contributed by atoms with Crippen LogP contribution in [0.15, 0.2) is 36.4 Å². The molecule has 4 N–H and O–H groups in total. The first-order valence-electron chi connectivity index (χ1n) is 13.1. The summed E-state index contributed by atoms with van der Waals surface area (Å²) in [6, 6.07) is 11.0. The first-order valence-corrected chi connectivity index (χ1v) is 13.5. The van der Waals surface area contributed by atoms with Crippen LogP contribution in [0.3, 0.4) is 0 Å². The molecule has 1 aliphatic heterocycles. The Morgan fingerprint density at radius 2 is 1.95 bits per heavy atom. The molecule has 9 heteroatoms. The van der Waals surface area contributed by atoms with Crippen LogP contribution in [-0.4, -0.2) is 41.0 Å². The summed E-state index contributed by atoms with van der Waals surface area (Å²) in [5.74, 6) is 0.496. The van der Waals surface area contributed by atoms with E-state index in [-0.39, 0.29) is 23.3 Å². The number of benzene rings is 2. The van der Waals surface area contributed by atoms with Gasteiger partial charge in [0.25, 0.3) is 5.91 Å². The summed E-state index contributed by atoms with van der Waals surface area (Å²) in [7, 11) is 0. The van der Waals surface area contributed by atoms with Crippen molar-refractivity contribution in [2.45, 2.75) is 64.5 Å². The number of amides is 2. The monoisotopic (exact) mass is 523 g/mol. The van der Waals surface area contributed by atoms with Gasteiger partial charge in [-0.1, -0.05) is 43.9 Å². The topological polar surface area (TPSA) is 108 Å². The minimum atomic E-state index is -0.278. The fourth-order valence-corrected chi connectivity index (χ4v) is 5.35. The maximum Gasteiger partial charge on any atom is 0.251 e. The van der Waals surface area contributed by atoms with E-state index in [1.54, 1.807) is 12.1 Å². The summed E-state index contributed by atoms with van der Waals surface area (Å²) in [4.78, 5) is 33.2. The highest BCUT2D eigenvalue weighted by Crippen LogP contribution is 2.36. The van der Waals surface area contributed by atoms with Crippen molar-refractivity contribution in [2.24, 2.45) is 5.41 Å². The van der Waals surface area contributed by atoms with E-state index in [0.29, 0.717) is 35.3 Å². The highest BCUT2D eigenvalue weighted by atomic mass is 35.5. The summed E-state index contributed by atoms with van der Waals surface area (Å²) >= 11 is 6.45. The minimum Gasteiger partial charge on any atom is -0.376 e. The number of hydrogen-bond acceptors (Lipinski definition) is 5. The first-order chi connectivity index (χ1) is 17.9. The van der Waals surface area contributed by atoms with E-state index in [0.717, 1.165) is 61.7 Å². The number of aromatic nitrogens is 2. The fraction of sp³-hybridized carbons (Fsp3) is 0.464. The number of carbonyl (C=O) groups excluding carboxylic acids is 2. The summed E-state index contributed by atoms with van der Waals surface area (Å²) in [6.07, 6.45) is 7.42. The van der Waals surface area contributed by atoms with Crippen molar-refractivity contribution in [3.05, 3.63) is 52.5 Å². The number of anilines is 2. The summed E-state index contributed by atoms with van der Waals surface area (Å²) < 4.78 is 5.58. The third kappa shape index (κ3) is 6.08. The van der Waals surface area contributed by atoms with Gasteiger partial charge < -0.3 is 25.7 Å². The van der Waals surface area contributed by atoms with Crippen LogP contribution in [0, 0.1) is 5.41 Å². The van der Waals surface area contributed by atoms with E-state index in [1.165, 1.54) is 6.42 Å². The molecule has 2 fully saturated rings. The minimum absolute atomic E-state index is 0.0971. The lowest BCUT2D eigenvalue weighted by atomic mass is 9.75. The summed E-state index contributed by atoms with van der Waals surface area (Å²) in [5.41, 5.74) is 3.39. The maximum absolute atomic E-state index is 12.8. The van der Waals surface area contributed by atoms with Crippen LogP contribution in [0.2, 0.25) is 5.02 Å². The molecule has 0 bridgehead atoms. The molecule has 0 radical (unpaired) electrons. The normalized spacial score (nSPS) is 19.0. The number of nitrogens with zero attached hydrogens (tertiary/aromatic N) is 1. The Morgan fingerprint density at radius 3 is 2.73 bits per heavy atom. The molecule has 5 rings (SSSR count). The number of rotatable bonds is 8. The smallest absolute Gasteiger partial charge is 0.251 e. The zero-order valence-corrected chi connectivity index (χ0v) is 21.9. The zero-order chi connectivity index (χ0) is 25.8. The lowest BCUT2D eigenvalue weighted by Gasteiger charge is -2.32. The molecular weight excluding hydrogens is 490 g/mol. The number of carbonyl (C=O) groups is 2. The molecule has 2 aliphatic rings. The van der Waals surface area contributed by atoms with Gasteiger partial charge in [-0.15, -0.1) is 0 Å². The van der Waals surface area contributed by atoms with Crippen LogP contribution >= 0.6 is 11.6 Å². The second kappa shape index (κ2) is 11.1. The second-order valence-electron chi connectivity index (χ2n) is 10.4. The van der Waals surface area contributed by atoms with Gasteiger partial charge in [-0.3, -0.25) is 9.59 Å². The van der Waals surface area contributed by atoms with E-state index < -0.39 is 0 Å². The van der Waals surface area contributed by atoms with Crippen molar-refractivity contribution in [2.75, 3.05) is 18.5 Å². The molecule has 2 heterocycles. The lowest BCUT2D eigenvalue weighted by Crippen LogP contribution is -2.39. The lowest BCUT2D eigenvalue weighted by molar-refractivity contribution is -0.132. The molecule has 1 saturated carbocycles. The quantitative estimate of drug-likeness (QED) is 0.314. The molecule has 1 aromatic heterocycles. The molecule has 2 aromatic carbocycles. The molecule has 1 atom stereocenters. The molecule has 0 spiro atoms. The molecule has 1 unspecified atom stereocenters. The van der Waals surface area contributed by atoms with Crippen molar-refractivity contribution in [1.29, 1.82) is 0 Å². The van der Waals surface area contributed by atoms with Gasteiger partial charge in [-0.05, 0) is 61.6 Å². The van der Waals surface area contributed by atoms with Gasteiger partial charge in [0, 0.05) is 30.7 Å². The van der Waals surface area contributed by atoms with Crippen molar-refractivity contribution in [1.82, 2.24) is 20.6 Å². The van der Waals surface area contributed by atoms with Crippen molar-refractivity contribution >= 4 is 46.1 Å². The summed E-state index contributed by atoms with van der Waals surface area (Å²) in [5, 5.41) is 9.84. The molecule has 8 nitrogen and oxygen atoms in total. The molecule has 196 valence electrons. The Kier molecular flexibility index (Phi) is 7.67. The fourth-order valence-electron chi connectivity index (χ4n) is 5.18. The number of fused-ring (bicyclic) bond motifs is 1. The number of halogens is 1. The average molecular weight is 524 g/mol. The van der Waals surface area contributed by atoms with Crippen LogP contribution in [0.5, 0.6) is 0 Å². The molecule has 3 aromatic rings. The number of nitrogens with one attached hydrogen (secondary N) is 4. The SMILES string of the molecule is CC1(C(=O)NCc2ccc(Cl)c(Nc3nc4ccc(C(=O)NCC5CCCO5)cc4[nH]3)c2)CCCCC1. The van der Waals surface area contributed by atoms with Crippen molar-refractivity contribution in [3.8, 4) is 0 Å². The number of ether oxygens (including phenoxy) is 1. The summed E-state index contributed by atoms with van der Waals surface area (Å²) in [6.45, 7) is 3.78. The first kappa shape index (κ1) is 25.5. The van der Waals surface area contributed by atoms with E-state index in [4.69, 9.17) is 16.3 Å². The van der Waals surface area contributed by atoms with Gasteiger partial charge in [0.05, 0.1) is 27.8 Å². The van der Waals surface area contributed by atoms with Crippen LogP contribution in [0.4, 0.5) is 11.6 Å². The van der Waals surface area contributed by atoms with Crippen LogP contribution in [0.25, 0.3) is 11.0 Å². The number of H-pyrrole nitrogens is 1. The average Bonchev–Trinajstić information content (AvgIpc) is 3.57. The predicted molar refractivity (Wildman–Crippen MR) is 145 cm³/mol. The maximum atomic E-state index is 12.8. The highest BCUT2D eigenvalue weighted by molar-refractivity contribution is 6.33. The molecule has 37 heavy (non-hydrogen) atoms. The van der Waals surface area contributed by atoms with Crippen molar-refractivity contribution < 1.29 is 14.3 Å². The Morgan fingerprint density at radius 1 is 1.11 bits per heavy atom. The predicted octanol–water partition coefficient (Wildman–Crippen LogP) is 5.46. The molecule has 2 amide bonds. The number of imidazole rings is 1. The van der Waals surface area contributed by atoms with Gasteiger partial charge in [-0.2, -0.15) is 0 Å². The molecule has 1 aliphatic carbocycles. The van der Waals surface area contributed by atoms with E-state index in [2.05, 4.69) is 32.8 Å². The van der Waals surface area contributed by atoms with E-state index >= 15 is 0 Å². The Balaban J connectivity index is 1.23. The molecule has 1 saturated heterocycles. The third-order valence-corrected chi connectivity index (χ3v) is 7.83. The largest absolute Gasteiger partial charge is 0.376 e. The number of aromatic amines is 1. The Labute approximate surface area is 221 Å². The van der Waals surface area contributed by atoms with Gasteiger partial charge in [0.2, 0.25) is 11.9 Å². The standard InChI is InChI=1S/C28H34ClN5O3/c1-28(11-3-2-4-12-28)26(36)31-16-18-7-9-21(29)23(14-18)33-27-32-22-10-8-19(15-24(22)34-27)25(35)30-17-20-6-5-13-37-20/h7-10,14-15,20H,2-6,11-13,16-17H2,1H3,(H,30,35)(H,31,36)(H2,32,33,34). The van der Waals surface area contributed by atoms with Crippen LogP contribution < -0.4 is 16.0 Å². The second-order valence-corrected chi connectivity index (χ2v) is 10.8. The zero-order valence-electron chi connectivity index (χ0n) is 21.2. The van der Waals surface area contributed by atoms with E-state index in [9.17, 15) is 9.59 Å².